The standard InChI is InChI=1S/C37H37F3N4O8S/c1-53(49,50)44(27-11-6-3-7-12-27)35-32(51-24-45)19-18-29(34(35)43-20-8-13-33(43)47)36(48)42-30(21-25-9-4-2-5-10-25)31(46)23-41-22-26-14-16-28(17-15-26)52-37(38,39)40/h2-7,9-12,14-19,24,30-31,41,46H,8,13,20-23H2,1H3,(H,42,48)/t30-,31+/m0/s1. The van der Waals surface area contributed by atoms with Gasteiger partial charge in [0.2, 0.25) is 15.9 Å². The van der Waals surface area contributed by atoms with Crippen molar-refractivity contribution in [2.24, 2.45) is 0 Å². The quantitative estimate of drug-likeness (QED) is 0.137. The minimum absolute atomic E-state index is 0.0523. The average molecular weight is 755 g/mol. The van der Waals surface area contributed by atoms with Crippen molar-refractivity contribution in [1.82, 2.24) is 10.6 Å². The van der Waals surface area contributed by atoms with Crippen LogP contribution >= 0.6 is 0 Å². The van der Waals surface area contributed by atoms with E-state index in [9.17, 15) is 41.1 Å². The molecule has 0 bridgehead atoms. The van der Waals surface area contributed by atoms with Gasteiger partial charge in [-0.2, -0.15) is 0 Å². The zero-order valence-electron chi connectivity index (χ0n) is 28.5. The molecule has 0 aliphatic carbocycles. The summed E-state index contributed by atoms with van der Waals surface area (Å²) >= 11 is 0. The number of aliphatic hydroxyl groups excluding tert-OH is 1. The lowest BCUT2D eigenvalue weighted by Gasteiger charge is -2.31. The summed E-state index contributed by atoms with van der Waals surface area (Å²) in [6.07, 6.45) is -4.39. The van der Waals surface area contributed by atoms with Gasteiger partial charge in [0.15, 0.2) is 5.75 Å². The van der Waals surface area contributed by atoms with E-state index in [0.29, 0.717) is 12.0 Å². The highest BCUT2D eigenvalue weighted by molar-refractivity contribution is 7.92. The number of para-hydroxylation sites is 1. The molecule has 1 aliphatic rings. The summed E-state index contributed by atoms with van der Waals surface area (Å²) in [7, 11) is -4.18. The number of anilines is 3. The molecule has 280 valence electrons. The molecule has 0 saturated carbocycles. The third-order valence-corrected chi connectivity index (χ3v) is 9.38. The van der Waals surface area contributed by atoms with E-state index >= 15 is 0 Å². The Hall–Kier alpha value is -5.45. The van der Waals surface area contributed by atoms with Crippen molar-refractivity contribution in [2.75, 3.05) is 28.6 Å². The fraction of sp³-hybridized carbons (Fsp3) is 0.270. The van der Waals surface area contributed by atoms with Gasteiger partial charge in [0.25, 0.3) is 12.4 Å². The normalized spacial score (nSPS) is 14.4. The van der Waals surface area contributed by atoms with E-state index in [4.69, 9.17) is 4.74 Å². The van der Waals surface area contributed by atoms with Gasteiger partial charge in [0.1, 0.15) is 11.4 Å². The van der Waals surface area contributed by atoms with Gasteiger partial charge in [-0.25, -0.2) is 12.7 Å². The van der Waals surface area contributed by atoms with Crippen molar-refractivity contribution in [2.45, 2.75) is 44.3 Å². The smallest absolute Gasteiger partial charge is 0.426 e. The molecule has 0 spiro atoms. The monoisotopic (exact) mass is 754 g/mol. The lowest BCUT2D eigenvalue weighted by molar-refractivity contribution is -0.274. The number of sulfonamides is 1. The number of amides is 2. The van der Waals surface area contributed by atoms with Crippen molar-refractivity contribution in [3.8, 4) is 11.5 Å². The number of benzene rings is 4. The fourth-order valence-corrected chi connectivity index (χ4v) is 7.02. The van der Waals surface area contributed by atoms with Gasteiger partial charge < -0.3 is 30.1 Å². The van der Waals surface area contributed by atoms with Crippen LogP contribution in [-0.2, 0) is 32.6 Å². The van der Waals surface area contributed by atoms with Crippen LogP contribution in [0.25, 0.3) is 0 Å². The largest absolute Gasteiger partial charge is 0.573 e. The Bertz CT molecular complexity index is 2000. The van der Waals surface area contributed by atoms with Crippen LogP contribution in [0.4, 0.5) is 30.2 Å². The predicted octanol–water partition coefficient (Wildman–Crippen LogP) is 4.84. The number of alkyl halides is 3. The molecule has 53 heavy (non-hydrogen) atoms. The third-order valence-electron chi connectivity index (χ3n) is 8.32. The van der Waals surface area contributed by atoms with Crippen molar-refractivity contribution in [1.29, 1.82) is 0 Å². The minimum Gasteiger partial charge on any atom is -0.426 e. The minimum atomic E-state index is -4.82. The Morgan fingerprint density at radius 1 is 0.981 bits per heavy atom. The molecular formula is C37H37F3N4O8S. The number of carbonyl (C=O) groups is 3. The first-order chi connectivity index (χ1) is 25.2. The molecule has 2 atom stereocenters. The third kappa shape index (κ3) is 10.1. The first-order valence-electron chi connectivity index (χ1n) is 16.5. The summed E-state index contributed by atoms with van der Waals surface area (Å²) in [6.45, 7) is 0.373. The number of ether oxygens (including phenoxy) is 2. The van der Waals surface area contributed by atoms with E-state index in [2.05, 4.69) is 15.4 Å². The van der Waals surface area contributed by atoms with Crippen molar-refractivity contribution < 1.29 is 50.6 Å². The topological polar surface area (TPSA) is 155 Å². The molecular weight excluding hydrogens is 717 g/mol. The van der Waals surface area contributed by atoms with E-state index in [1.165, 1.54) is 53.4 Å². The number of rotatable bonds is 16. The predicted molar refractivity (Wildman–Crippen MR) is 190 cm³/mol. The number of aliphatic hydroxyl groups is 1. The maximum Gasteiger partial charge on any atom is 0.573 e. The Morgan fingerprint density at radius 3 is 2.23 bits per heavy atom. The summed E-state index contributed by atoms with van der Waals surface area (Å²) in [4.78, 5) is 40.6. The highest BCUT2D eigenvalue weighted by Gasteiger charge is 2.37. The second-order valence-electron chi connectivity index (χ2n) is 12.2. The number of carbonyl (C=O) groups excluding carboxylic acids is 3. The summed E-state index contributed by atoms with van der Waals surface area (Å²) in [5.41, 5.74) is 1.11. The molecule has 1 fully saturated rings. The maximum absolute atomic E-state index is 14.3. The number of hydrogen-bond acceptors (Lipinski definition) is 9. The first kappa shape index (κ1) is 38.8. The van der Waals surface area contributed by atoms with E-state index in [-0.39, 0.29) is 79.0 Å². The summed E-state index contributed by atoms with van der Waals surface area (Å²) in [5, 5.41) is 17.3. The van der Waals surface area contributed by atoms with Gasteiger partial charge in [0, 0.05) is 26.1 Å². The van der Waals surface area contributed by atoms with Crippen LogP contribution in [0.1, 0.15) is 34.3 Å². The van der Waals surface area contributed by atoms with E-state index < -0.39 is 34.4 Å². The molecule has 0 radical (unpaired) electrons. The highest BCUT2D eigenvalue weighted by Crippen LogP contribution is 2.46. The highest BCUT2D eigenvalue weighted by atomic mass is 32.2. The van der Waals surface area contributed by atoms with E-state index in [1.807, 2.05) is 18.2 Å². The lowest BCUT2D eigenvalue weighted by Crippen LogP contribution is -2.49. The fourth-order valence-electron chi connectivity index (χ4n) is 6.01. The molecule has 1 saturated heterocycles. The molecule has 4 aromatic carbocycles. The Morgan fingerprint density at radius 2 is 1.64 bits per heavy atom. The SMILES string of the molecule is CS(=O)(=O)N(c1ccccc1)c1c(OC=O)ccc(C(=O)N[C@@H](Cc2ccccc2)[C@H](O)CNCc2ccc(OC(F)(F)F)cc2)c1N1CCCC1=O. The van der Waals surface area contributed by atoms with Crippen molar-refractivity contribution in [3.05, 3.63) is 114 Å². The van der Waals surface area contributed by atoms with Crippen molar-refractivity contribution >= 4 is 45.4 Å². The molecule has 4 aromatic rings. The van der Waals surface area contributed by atoms with Crippen LogP contribution in [0.15, 0.2) is 97.1 Å². The van der Waals surface area contributed by atoms with Crippen LogP contribution in [0.2, 0.25) is 0 Å². The summed E-state index contributed by atoms with van der Waals surface area (Å²) in [5.74, 6) is -1.73. The van der Waals surface area contributed by atoms with Gasteiger partial charge in [-0.15, -0.1) is 13.2 Å². The van der Waals surface area contributed by atoms with Gasteiger partial charge in [0.05, 0.1) is 35.3 Å². The van der Waals surface area contributed by atoms with E-state index in [0.717, 1.165) is 16.1 Å². The van der Waals surface area contributed by atoms with Gasteiger partial charge >= 0.3 is 6.36 Å². The number of hydrogen-bond donors (Lipinski definition) is 3. The zero-order chi connectivity index (χ0) is 38.2. The molecule has 3 N–H and O–H groups in total. The molecule has 0 aromatic heterocycles. The van der Waals surface area contributed by atoms with Crippen LogP contribution in [0.3, 0.4) is 0 Å². The van der Waals surface area contributed by atoms with Crippen LogP contribution < -0.4 is 29.3 Å². The molecule has 1 heterocycles. The second-order valence-corrected chi connectivity index (χ2v) is 14.0. The Labute approximate surface area is 304 Å². The van der Waals surface area contributed by atoms with Crippen molar-refractivity contribution in [3.63, 3.8) is 0 Å². The van der Waals surface area contributed by atoms with Gasteiger partial charge in [-0.05, 0) is 60.4 Å². The van der Waals surface area contributed by atoms with Crippen LogP contribution in [0.5, 0.6) is 11.5 Å². The lowest BCUT2D eigenvalue weighted by atomic mass is 9.99. The number of nitrogens with zero attached hydrogens (tertiary/aromatic N) is 2. The maximum atomic E-state index is 14.3. The van der Waals surface area contributed by atoms with Gasteiger partial charge in [-0.3, -0.25) is 14.4 Å². The Balaban J connectivity index is 1.49. The average Bonchev–Trinajstić information content (AvgIpc) is 3.54. The molecule has 1 aliphatic heterocycles. The first-order valence-corrected chi connectivity index (χ1v) is 18.3. The number of nitrogens with one attached hydrogen (secondary N) is 2. The molecule has 0 unspecified atom stereocenters. The van der Waals surface area contributed by atoms with Crippen LogP contribution in [-0.4, -0.2) is 69.7 Å². The van der Waals surface area contributed by atoms with Gasteiger partial charge in [-0.1, -0.05) is 60.7 Å². The summed E-state index contributed by atoms with van der Waals surface area (Å²) < 4.78 is 74.6. The molecule has 12 nitrogen and oxygen atoms in total. The molecule has 16 heteroatoms. The number of halogens is 3. The van der Waals surface area contributed by atoms with E-state index in [1.54, 1.807) is 30.3 Å². The molecule has 5 rings (SSSR count). The second kappa shape index (κ2) is 16.9. The zero-order valence-corrected chi connectivity index (χ0v) is 29.3. The summed E-state index contributed by atoms with van der Waals surface area (Å²) in [6, 6.07) is 23.8. The molecule has 2 amide bonds. The van der Waals surface area contributed by atoms with Crippen LogP contribution in [0, 0.1) is 0 Å². The Kier molecular flexibility index (Phi) is 12.4.